The standard InChI is InChI=1S/C12H22O2/c1-8(2)12(13)11(14-9(3)4)7-10-5-6-10/h8-11H,5-7H2,1-4H3. The van der Waals surface area contributed by atoms with Gasteiger partial charge in [-0.05, 0) is 26.2 Å². The van der Waals surface area contributed by atoms with E-state index in [9.17, 15) is 4.79 Å². The molecule has 0 aromatic rings. The highest BCUT2D eigenvalue weighted by atomic mass is 16.5. The van der Waals surface area contributed by atoms with Crippen molar-refractivity contribution in [1.29, 1.82) is 0 Å². The Morgan fingerprint density at radius 3 is 2.21 bits per heavy atom. The minimum atomic E-state index is -0.150. The molecular formula is C12H22O2. The molecule has 0 spiro atoms. The third-order valence-corrected chi connectivity index (χ3v) is 2.57. The van der Waals surface area contributed by atoms with Crippen LogP contribution in [0.15, 0.2) is 0 Å². The molecule has 14 heavy (non-hydrogen) atoms. The predicted octanol–water partition coefficient (Wildman–Crippen LogP) is 2.81. The average Bonchev–Trinajstić information content (AvgIpc) is 2.84. The fourth-order valence-corrected chi connectivity index (χ4v) is 1.60. The van der Waals surface area contributed by atoms with Crippen molar-refractivity contribution in [3.8, 4) is 0 Å². The van der Waals surface area contributed by atoms with Gasteiger partial charge in [0.1, 0.15) is 6.10 Å². The summed E-state index contributed by atoms with van der Waals surface area (Å²) in [5.41, 5.74) is 0. The molecule has 2 nitrogen and oxygen atoms in total. The Hall–Kier alpha value is -0.370. The molecule has 1 rings (SSSR count). The highest BCUT2D eigenvalue weighted by Crippen LogP contribution is 2.35. The molecule has 1 fully saturated rings. The molecule has 82 valence electrons. The van der Waals surface area contributed by atoms with E-state index in [0.717, 1.165) is 12.3 Å². The molecule has 1 unspecified atom stereocenters. The first-order valence-corrected chi connectivity index (χ1v) is 5.70. The van der Waals surface area contributed by atoms with E-state index in [4.69, 9.17) is 4.74 Å². The van der Waals surface area contributed by atoms with Crippen LogP contribution >= 0.6 is 0 Å². The number of rotatable bonds is 6. The van der Waals surface area contributed by atoms with Gasteiger partial charge in [0.2, 0.25) is 0 Å². The Bertz CT molecular complexity index is 188. The zero-order valence-corrected chi connectivity index (χ0v) is 9.75. The van der Waals surface area contributed by atoms with E-state index in [2.05, 4.69) is 0 Å². The lowest BCUT2D eigenvalue weighted by Crippen LogP contribution is -2.31. The molecule has 0 amide bonds. The minimum absolute atomic E-state index is 0.0949. The zero-order valence-electron chi connectivity index (χ0n) is 9.75. The van der Waals surface area contributed by atoms with Gasteiger partial charge in [-0.2, -0.15) is 0 Å². The summed E-state index contributed by atoms with van der Waals surface area (Å²) in [6, 6.07) is 0. The normalized spacial score (nSPS) is 19.0. The van der Waals surface area contributed by atoms with Gasteiger partial charge in [-0.15, -0.1) is 0 Å². The van der Waals surface area contributed by atoms with Crippen molar-refractivity contribution in [3.63, 3.8) is 0 Å². The SMILES string of the molecule is CC(C)OC(CC1CC1)C(=O)C(C)C. The third kappa shape index (κ3) is 3.79. The Morgan fingerprint density at radius 2 is 1.86 bits per heavy atom. The fraction of sp³-hybridized carbons (Fsp3) is 0.917. The molecular weight excluding hydrogens is 176 g/mol. The largest absolute Gasteiger partial charge is 0.368 e. The predicted molar refractivity (Wildman–Crippen MR) is 57.2 cm³/mol. The molecule has 0 aliphatic heterocycles. The molecule has 0 heterocycles. The van der Waals surface area contributed by atoms with Crippen LogP contribution in [0.1, 0.15) is 47.0 Å². The number of carbonyl (C=O) groups excluding carboxylic acids is 1. The summed E-state index contributed by atoms with van der Waals surface area (Å²) in [6.07, 6.45) is 3.51. The average molecular weight is 198 g/mol. The van der Waals surface area contributed by atoms with Crippen LogP contribution in [-0.2, 0) is 9.53 Å². The summed E-state index contributed by atoms with van der Waals surface area (Å²) in [7, 11) is 0. The summed E-state index contributed by atoms with van der Waals surface area (Å²) in [6.45, 7) is 7.89. The Balaban J connectivity index is 2.45. The van der Waals surface area contributed by atoms with Crippen molar-refractivity contribution in [1.82, 2.24) is 0 Å². The topological polar surface area (TPSA) is 26.3 Å². The first-order chi connectivity index (χ1) is 6.50. The Kier molecular flexibility index (Phi) is 4.11. The summed E-state index contributed by atoms with van der Waals surface area (Å²) in [4.78, 5) is 11.8. The second-order valence-corrected chi connectivity index (χ2v) is 4.91. The molecule has 1 saturated carbocycles. The smallest absolute Gasteiger partial charge is 0.164 e. The lowest BCUT2D eigenvalue weighted by molar-refractivity contribution is -0.137. The van der Waals surface area contributed by atoms with E-state index >= 15 is 0 Å². The van der Waals surface area contributed by atoms with Crippen LogP contribution < -0.4 is 0 Å². The minimum Gasteiger partial charge on any atom is -0.368 e. The highest BCUT2D eigenvalue weighted by molar-refractivity contribution is 5.84. The molecule has 0 aromatic carbocycles. The van der Waals surface area contributed by atoms with Crippen molar-refractivity contribution in [2.75, 3.05) is 0 Å². The first kappa shape index (κ1) is 11.7. The Morgan fingerprint density at radius 1 is 1.29 bits per heavy atom. The maximum absolute atomic E-state index is 11.8. The first-order valence-electron chi connectivity index (χ1n) is 5.70. The van der Waals surface area contributed by atoms with E-state index in [1.54, 1.807) is 0 Å². The second-order valence-electron chi connectivity index (χ2n) is 4.91. The third-order valence-electron chi connectivity index (χ3n) is 2.57. The number of hydrogen-bond acceptors (Lipinski definition) is 2. The summed E-state index contributed by atoms with van der Waals surface area (Å²) < 4.78 is 5.67. The van der Waals surface area contributed by atoms with Crippen molar-refractivity contribution in [2.24, 2.45) is 11.8 Å². The molecule has 2 heteroatoms. The maximum Gasteiger partial charge on any atom is 0.164 e. The molecule has 1 aliphatic rings. The number of Topliss-reactive ketones (excluding diaryl/α,β-unsaturated/α-hetero) is 1. The quantitative estimate of drug-likeness (QED) is 0.656. The molecule has 0 N–H and O–H groups in total. The van der Waals surface area contributed by atoms with Crippen molar-refractivity contribution in [3.05, 3.63) is 0 Å². The van der Waals surface area contributed by atoms with E-state index in [0.29, 0.717) is 0 Å². The van der Waals surface area contributed by atoms with Crippen LogP contribution in [-0.4, -0.2) is 18.0 Å². The van der Waals surface area contributed by atoms with Gasteiger partial charge in [0, 0.05) is 5.92 Å². The number of hydrogen-bond donors (Lipinski definition) is 0. The van der Waals surface area contributed by atoms with Gasteiger partial charge < -0.3 is 4.74 Å². The van der Waals surface area contributed by atoms with Crippen molar-refractivity contribution < 1.29 is 9.53 Å². The summed E-state index contributed by atoms with van der Waals surface area (Å²) in [5.74, 6) is 1.12. The highest BCUT2D eigenvalue weighted by Gasteiger charge is 2.31. The van der Waals surface area contributed by atoms with Crippen LogP contribution in [0.4, 0.5) is 0 Å². The van der Waals surface area contributed by atoms with Gasteiger partial charge in [0.15, 0.2) is 5.78 Å². The summed E-state index contributed by atoms with van der Waals surface area (Å²) >= 11 is 0. The molecule has 1 atom stereocenters. The van der Waals surface area contributed by atoms with Crippen LogP contribution in [0, 0.1) is 11.8 Å². The van der Waals surface area contributed by atoms with Gasteiger partial charge in [-0.3, -0.25) is 4.79 Å². The number of carbonyl (C=O) groups is 1. The lowest BCUT2D eigenvalue weighted by Gasteiger charge is -2.20. The van der Waals surface area contributed by atoms with E-state index < -0.39 is 0 Å². The van der Waals surface area contributed by atoms with Crippen LogP contribution in [0.25, 0.3) is 0 Å². The van der Waals surface area contributed by atoms with Gasteiger partial charge >= 0.3 is 0 Å². The maximum atomic E-state index is 11.8. The molecule has 0 bridgehead atoms. The van der Waals surface area contributed by atoms with Gasteiger partial charge in [0.05, 0.1) is 6.10 Å². The van der Waals surface area contributed by atoms with Crippen LogP contribution in [0.2, 0.25) is 0 Å². The van der Waals surface area contributed by atoms with Crippen molar-refractivity contribution >= 4 is 5.78 Å². The molecule has 1 aliphatic carbocycles. The molecule has 0 saturated heterocycles. The lowest BCUT2D eigenvalue weighted by atomic mass is 9.99. The van der Waals surface area contributed by atoms with Gasteiger partial charge in [-0.1, -0.05) is 26.7 Å². The van der Waals surface area contributed by atoms with Gasteiger partial charge in [-0.25, -0.2) is 0 Å². The number of ketones is 1. The fourth-order valence-electron chi connectivity index (χ4n) is 1.60. The Labute approximate surface area is 87.0 Å². The number of ether oxygens (including phenoxy) is 1. The zero-order chi connectivity index (χ0) is 10.7. The van der Waals surface area contributed by atoms with Crippen LogP contribution in [0.3, 0.4) is 0 Å². The summed E-state index contributed by atoms with van der Waals surface area (Å²) in [5, 5.41) is 0. The second kappa shape index (κ2) is 4.92. The van der Waals surface area contributed by atoms with E-state index in [-0.39, 0.29) is 23.9 Å². The van der Waals surface area contributed by atoms with E-state index in [1.165, 1.54) is 12.8 Å². The molecule has 0 radical (unpaired) electrons. The van der Waals surface area contributed by atoms with Gasteiger partial charge in [0.25, 0.3) is 0 Å². The van der Waals surface area contributed by atoms with Crippen LogP contribution in [0.5, 0.6) is 0 Å². The van der Waals surface area contributed by atoms with Crippen molar-refractivity contribution in [2.45, 2.75) is 59.2 Å². The monoisotopic (exact) mass is 198 g/mol. The molecule has 0 aromatic heterocycles. The van der Waals surface area contributed by atoms with E-state index in [1.807, 2.05) is 27.7 Å².